The van der Waals surface area contributed by atoms with Gasteiger partial charge in [-0.2, -0.15) is 4.98 Å². The van der Waals surface area contributed by atoms with Crippen LogP contribution >= 0.6 is 0 Å². The first kappa shape index (κ1) is 14.9. The maximum atomic E-state index is 13.7. The number of halogens is 1. The number of H-pyrrole nitrogens is 1. The second-order valence-corrected chi connectivity index (χ2v) is 4.94. The minimum absolute atomic E-state index is 0.0226. The highest BCUT2D eigenvalue weighted by Gasteiger charge is 2.12. The molecule has 0 saturated carbocycles. The molecule has 0 saturated heterocycles. The van der Waals surface area contributed by atoms with Crippen LogP contribution in [-0.4, -0.2) is 15.9 Å². The number of nitrogens with one attached hydrogen (secondary N) is 2. The molecule has 21 heavy (non-hydrogen) atoms. The summed E-state index contributed by atoms with van der Waals surface area (Å²) in [4.78, 5) is 29.5. The highest BCUT2D eigenvalue weighted by atomic mass is 19.1. The van der Waals surface area contributed by atoms with Crippen molar-refractivity contribution in [3.63, 3.8) is 0 Å². The summed E-state index contributed by atoms with van der Waals surface area (Å²) < 4.78 is 13.7. The summed E-state index contributed by atoms with van der Waals surface area (Å²) in [7, 11) is 0. The topological polar surface area (TPSA) is 74.8 Å². The molecule has 2 N–H and O–H groups in total. The maximum absolute atomic E-state index is 13.7. The van der Waals surface area contributed by atoms with Crippen LogP contribution < -0.4 is 11.0 Å². The number of carbonyl (C=O) groups is 1. The number of carbonyl (C=O) groups excluding carboxylic acids is 1. The van der Waals surface area contributed by atoms with E-state index in [9.17, 15) is 14.0 Å². The van der Waals surface area contributed by atoms with Gasteiger partial charge in [-0.3, -0.25) is 4.79 Å². The Kier molecular flexibility index (Phi) is 4.16. The van der Waals surface area contributed by atoms with Crippen LogP contribution in [0.2, 0.25) is 0 Å². The van der Waals surface area contributed by atoms with Gasteiger partial charge in [0.25, 0.3) is 0 Å². The molecule has 0 atom stereocenters. The van der Waals surface area contributed by atoms with Crippen LogP contribution in [0.3, 0.4) is 0 Å². The smallest absolute Gasteiger partial charge is 0.323 e. The van der Waals surface area contributed by atoms with Crippen molar-refractivity contribution < 1.29 is 9.18 Å². The zero-order chi connectivity index (χ0) is 15.6. The van der Waals surface area contributed by atoms with Crippen molar-refractivity contribution in [2.24, 2.45) is 0 Å². The number of hydrogen-bond donors (Lipinski definition) is 2. The average Bonchev–Trinajstić information content (AvgIpc) is 2.37. The minimum atomic E-state index is -0.476. The van der Waals surface area contributed by atoms with Crippen LogP contribution in [0.4, 0.5) is 10.1 Å². The molecule has 1 aromatic heterocycles. The van der Waals surface area contributed by atoms with Gasteiger partial charge in [-0.1, -0.05) is 6.07 Å². The molecule has 2 aromatic rings. The Morgan fingerprint density at radius 3 is 2.67 bits per heavy atom. The van der Waals surface area contributed by atoms with Crippen LogP contribution in [0.5, 0.6) is 0 Å². The first-order valence-electron chi connectivity index (χ1n) is 6.49. The van der Waals surface area contributed by atoms with Gasteiger partial charge >= 0.3 is 5.69 Å². The molecular formula is C15H16FN3O2. The van der Waals surface area contributed by atoms with E-state index in [1.165, 1.54) is 12.1 Å². The first-order chi connectivity index (χ1) is 9.86. The Labute approximate surface area is 121 Å². The number of nitrogens with zero attached hydrogens (tertiary/aromatic N) is 1. The molecule has 0 bridgehead atoms. The number of hydrogen-bond acceptors (Lipinski definition) is 3. The van der Waals surface area contributed by atoms with E-state index >= 15 is 0 Å². The zero-order valence-electron chi connectivity index (χ0n) is 12.1. The molecule has 6 heteroatoms. The van der Waals surface area contributed by atoms with Crippen molar-refractivity contribution in [2.75, 3.05) is 5.32 Å². The lowest BCUT2D eigenvalue weighted by Gasteiger charge is -2.10. The maximum Gasteiger partial charge on any atom is 0.345 e. The number of aromatic amines is 1. The fraction of sp³-hybridized carbons (Fsp3) is 0.267. The van der Waals surface area contributed by atoms with Gasteiger partial charge in [0.2, 0.25) is 5.91 Å². The predicted octanol–water partition coefficient (Wildman–Crippen LogP) is 2.02. The SMILES string of the molecule is Cc1ccc(NC(=O)Cc2c(C)nc(=O)[nH]c2C)c(F)c1. The van der Waals surface area contributed by atoms with Gasteiger partial charge in [0, 0.05) is 17.0 Å². The number of amides is 1. The van der Waals surface area contributed by atoms with Gasteiger partial charge in [-0.25, -0.2) is 9.18 Å². The van der Waals surface area contributed by atoms with Gasteiger partial charge in [0.15, 0.2) is 0 Å². The molecule has 0 radical (unpaired) electrons. The summed E-state index contributed by atoms with van der Waals surface area (Å²) in [6.07, 6.45) is 0.0226. The highest BCUT2D eigenvalue weighted by molar-refractivity contribution is 5.92. The van der Waals surface area contributed by atoms with Crippen LogP contribution in [0.15, 0.2) is 23.0 Å². The Balaban J connectivity index is 2.17. The molecule has 1 heterocycles. The Morgan fingerprint density at radius 2 is 2.05 bits per heavy atom. The third-order valence-corrected chi connectivity index (χ3v) is 3.19. The van der Waals surface area contributed by atoms with Crippen LogP contribution in [0, 0.1) is 26.6 Å². The second kappa shape index (κ2) is 5.87. The lowest BCUT2D eigenvalue weighted by Crippen LogP contribution is -2.21. The number of anilines is 1. The Bertz CT molecular complexity index is 727. The van der Waals surface area contributed by atoms with E-state index in [0.717, 1.165) is 5.56 Å². The van der Waals surface area contributed by atoms with Crippen molar-refractivity contribution in [2.45, 2.75) is 27.2 Å². The molecule has 1 aromatic carbocycles. The quantitative estimate of drug-likeness (QED) is 0.907. The van der Waals surface area contributed by atoms with Crippen LogP contribution in [0.1, 0.15) is 22.5 Å². The van der Waals surface area contributed by atoms with Crippen molar-refractivity contribution in [1.29, 1.82) is 0 Å². The summed E-state index contributed by atoms with van der Waals surface area (Å²) in [5.41, 5.74) is 2.20. The van der Waals surface area contributed by atoms with E-state index in [2.05, 4.69) is 15.3 Å². The molecule has 1 amide bonds. The third kappa shape index (κ3) is 3.53. The summed E-state index contributed by atoms with van der Waals surface area (Å²) in [5.74, 6) is -0.839. The van der Waals surface area contributed by atoms with Gasteiger partial charge in [0.1, 0.15) is 5.82 Å². The summed E-state index contributed by atoms with van der Waals surface area (Å²) in [5, 5.41) is 2.52. The fourth-order valence-electron chi connectivity index (χ4n) is 2.09. The number of aromatic nitrogens is 2. The lowest BCUT2D eigenvalue weighted by atomic mass is 10.1. The van der Waals surface area contributed by atoms with Crippen molar-refractivity contribution in [1.82, 2.24) is 9.97 Å². The number of rotatable bonds is 3. The largest absolute Gasteiger partial charge is 0.345 e. The van der Waals surface area contributed by atoms with E-state index < -0.39 is 11.5 Å². The Morgan fingerprint density at radius 1 is 1.33 bits per heavy atom. The van der Waals surface area contributed by atoms with Crippen molar-refractivity contribution in [3.8, 4) is 0 Å². The number of benzene rings is 1. The van der Waals surface area contributed by atoms with E-state index in [0.29, 0.717) is 17.0 Å². The predicted molar refractivity (Wildman–Crippen MR) is 77.8 cm³/mol. The molecule has 0 unspecified atom stereocenters. The monoisotopic (exact) mass is 289 g/mol. The van der Waals surface area contributed by atoms with Crippen molar-refractivity contribution in [3.05, 3.63) is 57.0 Å². The fourth-order valence-corrected chi connectivity index (χ4v) is 2.09. The molecule has 110 valence electrons. The molecule has 0 aliphatic carbocycles. The summed E-state index contributed by atoms with van der Waals surface area (Å²) in [6.45, 7) is 5.13. The molecule has 0 aliphatic rings. The van der Waals surface area contributed by atoms with E-state index in [-0.39, 0.29) is 18.0 Å². The van der Waals surface area contributed by atoms with E-state index in [4.69, 9.17) is 0 Å². The molecule has 0 spiro atoms. The van der Waals surface area contributed by atoms with Crippen molar-refractivity contribution >= 4 is 11.6 Å². The van der Waals surface area contributed by atoms with E-state index in [1.807, 2.05) is 0 Å². The molecule has 2 rings (SSSR count). The standard InChI is InChI=1S/C15H16FN3O2/c1-8-4-5-13(12(16)6-8)19-14(20)7-11-9(2)17-15(21)18-10(11)3/h4-6H,7H2,1-3H3,(H,19,20)(H,17,18,21). The average molecular weight is 289 g/mol. The minimum Gasteiger partial charge on any atom is -0.323 e. The molecular weight excluding hydrogens is 273 g/mol. The van der Waals surface area contributed by atoms with Gasteiger partial charge in [0.05, 0.1) is 12.1 Å². The highest BCUT2D eigenvalue weighted by Crippen LogP contribution is 2.16. The van der Waals surface area contributed by atoms with Crippen LogP contribution in [-0.2, 0) is 11.2 Å². The lowest BCUT2D eigenvalue weighted by molar-refractivity contribution is -0.115. The van der Waals surface area contributed by atoms with Gasteiger partial charge in [-0.15, -0.1) is 0 Å². The van der Waals surface area contributed by atoms with Gasteiger partial charge in [-0.05, 0) is 38.5 Å². The second-order valence-electron chi connectivity index (χ2n) is 4.94. The molecule has 0 aliphatic heterocycles. The Hall–Kier alpha value is -2.50. The molecule has 0 fully saturated rings. The number of aryl methyl sites for hydroxylation is 3. The third-order valence-electron chi connectivity index (χ3n) is 3.19. The first-order valence-corrected chi connectivity index (χ1v) is 6.49. The summed E-state index contributed by atoms with van der Waals surface area (Å²) >= 11 is 0. The molecule has 5 nitrogen and oxygen atoms in total. The normalized spacial score (nSPS) is 10.5. The van der Waals surface area contributed by atoms with Crippen LogP contribution in [0.25, 0.3) is 0 Å². The van der Waals surface area contributed by atoms with E-state index in [1.54, 1.807) is 26.8 Å². The van der Waals surface area contributed by atoms with Gasteiger partial charge < -0.3 is 10.3 Å². The zero-order valence-corrected chi connectivity index (χ0v) is 12.1. The summed E-state index contributed by atoms with van der Waals surface area (Å²) in [6, 6.07) is 4.60.